The average Bonchev–Trinajstić information content (AvgIpc) is 2.95. The first kappa shape index (κ1) is 20.8. The molecule has 29 heavy (non-hydrogen) atoms. The number of nitrogens with zero attached hydrogens (tertiary/aromatic N) is 2. The van der Waals surface area contributed by atoms with Gasteiger partial charge in [0, 0.05) is 10.0 Å². The molecule has 0 bridgehead atoms. The highest BCUT2D eigenvalue weighted by atomic mass is 35.5. The number of amides is 1. The van der Waals surface area contributed by atoms with Crippen molar-refractivity contribution in [3.8, 4) is 23.8 Å². The summed E-state index contributed by atoms with van der Waals surface area (Å²) in [5.74, 6) is 3.25. The molecule has 0 spiro atoms. The fourth-order valence-corrected chi connectivity index (χ4v) is 3.32. The molecule has 5 nitrogen and oxygen atoms in total. The van der Waals surface area contributed by atoms with Crippen molar-refractivity contribution in [1.29, 1.82) is 0 Å². The number of ether oxygens (including phenoxy) is 2. The summed E-state index contributed by atoms with van der Waals surface area (Å²) in [6.07, 6.45) is 7.00. The molecule has 1 aliphatic heterocycles. The molecule has 0 saturated carbocycles. The normalized spacial score (nSPS) is 14.7. The summed E-state index contributed by atoms with van der Waals surface area (Å²) in [6, 6.07) is 10.2. The Hall–Kier alpha value is -2.94. The lowest BCUT2D eigenvalue weighted by molar-refractivity contribution is -0.114. The Balaban J connectivity index is 1.92. The van der Waals surface area contributed by atoms with Crippen LogP contribution < -0.4 is 14.5 Å². The molecule has 1 amide bonds. The average molecular weight is 429 g/mol. The molecule has 0 N–H and O–H groups in total. The van der Waals surface area contributed by atoms with E-state index < -0.39 is 0 Å². The van der Waals surface area contributed by atoms with Gasteiger partial charge >= 0.3 is 0 Å². The molecule has 1 heterocycles. The van der Waals surface area contributed by atoms with Crippen molar-refractivity contribution < 1.29 is 14.3 Å². The fourth-order valence-electron chi connectivity index (χ4n) is 2.81. The molecule has 1 aliphatic rings. The first-order valence-corrected chi connectivity index (χ1v) is 9.59. The topological polar surface area (TPSA) is 51.1 Å². The second-order valence-corrected chi connectivity index (χ2v) is 6.99. The number of carbonyl (C=O) groups excluding carboxylic acids is 1. The smallest absolute Gasteiger partial charge is 0.280 e. The highest BCUT2D eigenvalue weighted by Gasteiger charge is 2.29. The van der Waals surface area contributed by atoms with Crippen LogP contribution in [0.3, 0.4) is 0 Å². The molecular weight excluding hydrogens is 411 g/mol. The van der Waals surface area contributed by atoms with Crippen molar-refractivity contribution in [2.24, 2.45) is 5.10 Å². The summed E-state index contributed by atoms with van der Waals surface area (Å²) >= 11 is 12.1. The van der Waals surface area contributed by atoms with Crippen molar-refractivity contribution in [2.45, 2.75) is 13.8 Å². The Morgan fingerprint density at radius 1 is 1.14 bits per heavy atom. The monoisotopic (exact) mass is 428 g/mol. The SMILES string of the molecule is C#CCOc1ccc(C=C2C(=O)N(c3cc(Cl)cc(Cl)c3)N=C2C)cc1OCC. The third-order valence-corrected chi connectivity index (χ3v) is 4.48. The van der Waals surface area contributed by atoms with Gasteiger partial charge < -0.3 is 9.47 Å². The number of rotatable bonds is 6. The van der Waals surface area contributed by atoms with E-state index in [1.807, 2.05) is 13.0 Å². The molecule has 148 valence electrons. The van der Waals surface area contributed by atoms with Gasteiger partial charge in [0.1, 0.15) is 6.61 Å². The highest BCUT2D eigenvalue weighted by Crippen LogP contribution is 2.32. The van der Waals surface area contributed by atoms with Crippen LogP contribution in [0.25, 0.3) is 6.08 Å². The molecule has 0 fully saturated rings. The lowest BCUT2D eigenvalue weighted by Crippen LogP contribution is -2.21. The summed E-state index contributed by atoms with van der Waals surface area (Å²) in [4.78, 5) is 12.9. The molecule has 0 aliphatic carbocycles. The number of terminal acetylenes is 1. The Labute approximate surface area is 179 Å². The van der Waals surface area contributed by atoms with E-state index in [0.29, 0.717) is 45.1 Å². The fraction of sp³-hybridized carbons (Fsp3) is 0.182. The minimum Gasteiger partial charge on any atom is -0.490 e. The van der Waals surface area contributed by atoms with Crippen LogP contribution in [0, 0.1) is 12.3 Å². The zero-order valence-electron chi connectivity index (χ0n) is 15.9. The van der Waals surface area contributed by atoms with Crippen LogP contribution in [0.5, 0.6) is 11.5 Å². The lowest BCUT2D eigenvalue weighted by Gasteiger charge is -2.13. The minimum absolute atomic E-state index is 0.141. The van der Waals surface area contributed by atoms with E-state index in [1.54, 1.807) is 43.3 Å². The second-order valence-electron chi connectivity index (χ2n) is 6.12. The first-order chi connectivity index (χ1) is 13.9. The minimum atomic E-state index is -0.272. The van der Waals surface area contributed by atoms with Gasteiger partial charge in [0.15, 0.2) is 11.5 Å². The van der Waals surface area contributed by atoms with Gasteiger partial charge in [0.05, 0.1) is 23.6 Å². The van der Waals surface area contributed by atoms with E-state index in [9.17, 15) is 4.79 Å². The largest absolute Gasteiger partial charge is 0.490 e. The van der Waals surface area contributed by atoms with Crippen LogP contribution in [-0.4, -0.2) is 24.8 Å². The molecule has 7 heteroatoms. The van der Waals surface area contributed by atoms with E-state index in [4.69, 9.17) is 39.1 Å². The van der Waals surface area contributed by atoms with Crippen molar-refractivity contribution in [2.75, 3.05) is 18.2 Å². The van der Waals surface area contributed by atoms with Crippen molar-refractivity contribution in [3.63, 3.8) is 0 Å². The third kappa shape index (κ3) is 4.73. The number of hydrogen-bond acceptors (Lipinski definition) is 4. The van der Waals surface area contributed by atoms with Crippen molar-refractivity contribution >= 4 is 46.6 Å². The molecule has 2 aromatic rings. The summed E-state index contributed by atoms with van der Waals surface area (Å²) in [6.45, 7) is 4.25. The number of benzene rings is 2. The van der Waals surface area contributed by atoms with Crippen LogP contribution in [0.2, 0.25) is 10.0 Å². The molecule has 0 saturated heterocycles. The first-order valence-electron chi connectivity index (χ1n) is 8.84. The van der Waals surface area contributed by atoms with Gasteiger partial charge in [-0.2, -0.15) is 10.1 Å². The van der Waals surface area contributed by atoms with Gasteiger partial charge in [0.25, 0.3) is 5.91 Å². The van der Waals surface area contributed by atoms with Gasteiger partial charge in [-0.25, -0.2) is 0 Å². The van der Waals surface area contributed by atoms with Crippen molar-refractivity contribution in [1.82, 2.24) is 0 Å². The number of hydrazone groups is 1. The van der Waals surface area contributed by atoms with Crippen LogP contribution in [0.15, 0.2) is 47.1 Å². The molecule has 2 aromatic carbocycles. The quantitative estimate of drug-likeness (QED) is 0.468. The lowest BCUT2D eigenvalue weighted by atomic mass is 10.1. The maximum Gasteiger partial charge on any atom is 0.280 e. The van der Waals surface area contributed by atoms with E-state index in [2.05, 4.69) is 11.0 Å². The van der Waals surface area contributed by atoms with Crippen LogP contribution in [-0.2, 0) is 4.79 Å². The predicted octanol–water partition coefficient (Wildman–Crippen LogP) is 5.21. The maximum atomic E-state index is 12.9. The van der Waals surface area contributed by atoms with Crippen LogP contribution in [0.1, 0.15) is 19.4 Å². The summed E-state index contributed by atoms with van der Waals surface area (Å²) in [5.41, 5.74) is 2.31. The Morgan fingerprint density at radius 2 is 1.86 bits per heavy atom. The Bertz CT molecular complexity index is 1030. The van der Waals surface area contributed by atoms with Gasteiger partial charge in [-0.05, 0) is 55.8 Å². The second kappa shape index (κ2) is 9.04. The van der Waals surface area contributed by atoms with Gasteiger partial charge in [-0.3, -0.25) is 4.79 Å². The van der Waals surface area contributed by atoms with Gasteiger partial charge in [-0.15, -0.1) is 6.42 Å². The highest BCUT2D eigenvalue weighted by molar-refractivity contribution is 6.36. The van der Waals surface area contributed by atoms with E-state index in [-0.39, 0.29) is 12.5 Å². The predicted molar refractivity (Wildman–Crippen MR) is 117 cm³/mol. The zero-order chi connectivity index (χ0) is 21.0. The standard InChI is InChI=1S/C22H18Cl2N2O3/c1-4-8-29-20-7-6-15(10-21(20)28-5-2)9-19-14(3)25-26(22(19)27)18-12-16(23)11-17(24)13-18/h1,6-7,9-13H,5,8H2,2-3H3. The maximum absolute atomic E-state index is 12.9. The molecule has 0 aromatic heterocycles. The molecular formula is C22H18Cl2N2O3. The molecule has 0 atom stereocenters. The summed E-state index contributed by atoms with van der Waals surface area (Å²) < 4.78 is 11.1. The molecule has 0 unspecified atom stereocenters. The van der Waals surface area contributed by atoms with Crippen molar-refractivity contribution in [3.05, 3.63) is 57.6 Å². The molecule has 0 radical (unpaired) electrons. The van der Waals surface area contributed by atoms with Crippen LogP contribution in [0.4, 0.5) is 5.69 Å². The Kier molecular flexibility index (Phi) is 6.48. The number of hydrogen-bond donors (Lipinski definition) is 0. The van der Waals surface area contributed by atoms with Crippen LogP contribution >= 0.6 is 23.2 Å². The number of anilines is 1. The van der Waals surface area contributed by atoms with E-state index in [0.717, 1.165) is 5.56 Å². The number of halogens is 2. The molecule has 3 rings (SSSR count). The van der Waals surface area contributed by atoms with Gasteiger partial charge in [0.2, 0.25) is 0 Å². The van der Waals surface area contributed by atoms with Gasteiger partial charge in [-0.1, -0.05) is 35.2 Å². The number of carbonyl (C=O) groups is 1. The van der Waals surface area contributed by atoms with E-state index >= 15 is 0 Å². The zero-order valence-corrected chi connectivity index (χ0v) is 17.4. The Morgan fingerprint density at radius 3 is 2.52 bits per heavy atom. The third-order valence-electron chi connectivity index (χ3n) is 4.04. The summed E-state index contributed by atoms with van der Waals surface area (Å²) in [7, 11) is 0. The van der Waals surface area contributed by atoms with E-state index in [1.165, 1.54) is 5.01 Å². The summed E-state index contributed by atoms with van der Waals surface area (Å²) in [5, 5.41) is 6.49.